The summed E-state index contributed by atoms with van der Waals surface area (Å²) in [5.41, 5.74) is 2.04. The van der Waals surface area contributed by atoms with Gasteiger partial charge in [-0.25, -0.2) is 19.2 Å². The molecule has 0 atom stereocenters. The molecule has 192 valence electrons. The van der Waals surface area contributed by atoms with Crippen molar-refractivity contribution >= 4 is 35.5 Å². The van der Waals surface area contributed by atoms with Crippen molar-refractivity contribution in [2.75, 3.05) is 49.3 Å². The van der Waals surface area contributed by atoms with Gasteiger partial charge in [0, 0.05) is 16.8 Å². The van der Waals surface area contributed by atoms with E-state index in [4.69, 9.17) is 18.9 Å². The second kappa shape index (κ2) is 14.4. The number of hydrogen-bond acceptors (Lipinski definition) is 8. The van der Waals surface area contributed by atoms with Gasteiger partial charge in [-0.2, -0.15) is 0 Å². The van der Waals surface area contributed by atoms with Crippen molar-refractivity contribution in [1.82, 2.24) is 0 Å². The Morgan fingerprint density at radius 2 is 1.23 bits per heavy atom. The lowest BCUT2D eigenvalue weighted by Crippen LogP contribution is -2.37. The zero-order chi connectivity index (χ0) is 26.5. The SMILES string of the molecule is C=C(C)C(=O)OCCN(C(=O)OCC)c1ccc(C)c(N(CCOC(=O)C(=C)C)C(=O)OCC)c1. The Morgan fingerprint density at radius 1 is 0.771 bits per heavy atom. The Kier molecular flexibility index (Phi) is 12.1. The number of amides is 2. The molecular formula is C25H34N2O8. The number of rotatable bonds is 12. The average Bonchev–Trinajstić information content (AvgIpc) is 2.80. The molecule has 10 heteroatoms. The van der Waals surface area contributed by atoms with Crippen LogP contribution >= 0.6 is 0 Å². The maximum atomic E-state index is 12.7. The van der Waals surface area contributed by atoms with Gasteiger partial charge >= 0.3 is 24.1 Å². The zero-order valence-electron chi connectivity index (χ0n) is 21.0. The quantitative estimate of drug-likeness (QED) is 0.244. The van der Waals surface area contributed by atoms with E-state index in [0.29, 0.717) is 16.9 Å². The van der Waals surface area contributed by atoms with Crippen LogP contribution in [0.4, 0.5) is 21.0 Å². The molecule has 0 N–H and O–H groups in total. The Labute approximate surface area is 206 Å². The second-order valence-electron chi connectivity index (χ2n) is 7.50. The number of esters is 2. The Hall–Kier alpha value is -3.82. The van der Waals surface area contributed by atoms with Gasteiger partial charge in [-0.1, -0.05) is 19.2 Å². The summed E-state index contributed by atoms with van der Waals surface area (Å²) >= 11 is 0. The minimum atomic E-state index is -0.647. The molecule has 0 saturated carbocycles. The van der Waals surface area contributed by atoms with E-state index in [9.17, 15) is 19.2 Å². The summed E-state index contributed by atoms with van der Waals surface area (Å²) < 4.78 is 20.6. The van der Waals surface area contributed by atoms with Gasteiger partial charge in [0.05, 0.1) is 32.0 Å². The summed E-state index contributed by atoms with van der Waals surface area (Å²) in [6.45, 7) is 15.4. The maximum absolute atomic E-state index is 12.7. The highest BCUT2D eigenvalue weighted by molar-refractivity contribution is 5.93. The molecule has 0 spiro atoms. The average molecular weight is 491 g/mol. The predicted molar refractivity (Wildman–Crippen MR) is 131 cm³/mol. The van der Waals surface area contributed by atoms with Crippen LogP contribution in [0.3, 0.4) is 0 Å². The number of benzene rings is 1. The van der Waals surface area contributed by atoms with Crippen LogP contribution in [0.15, 0.2) is 42.5 Å². The van der Waals surface area contributed by atoms with Gasteiger partial charge in [0.1, 0.15) is 13.2 Å². The van der Waals surface area contributed by atoms with Crippen molar-refractivity contribution in [2.24, 2.45) is 0 Å². The van der Waals surface area contributed by atoms with Crippen LogP contribution in [-0.2, 0) is 28.5 Å². The minimum Gasteiger partial charge on any atom is -0.460 e. The van der Waals surface area contributed by atoms with Gasteiger partial charge in [0.2, 0.25) is 0 Å². The van der Waals surface area contributed by atoms with Crippen molar-refractivity contribution in [3.8, 4) is 0 Å². The van der Waals surface area contributed by atoms with Gasteiger partial charge in [0.25, 0.3) is 0 Å². The number of nitrogens with zero attached hydrogens (tertiary/aromatic N) is 2. The number of ether oxygens (including phenoxy) is 4. The second-order valence-corrected chi connectivity index (χ2v) is 7.50. The predicted octanol–water partition coefficient (Wildman–Crippen LogP) is 4.16. The third-order valence-electron chi connectivity index (χ3n) is 4.56. The molecule has 0 aliphatic carbocycles. The molecule has 0 heterocycles. The van der Waals surface area contributed by atoms with Crippen LogP contribution in [-0.4, -0.2) is 63.6 Å². The van der Waals surface area contributed by atoms with Gasteiger partial charge in [-0.15, -0.1) is 0 Å². The first-order valence-electron chi connectivity index (χ1n) is 11.2. The molecule has 0 bridgehead atoms. The first kappa shape index (κ1) is 29.2. The van der Waals surface area contributed by atoms with Crippen molar-refractivity contribution in [3.05, 3.63) is 48.1 Å². The first-order valence-corrected chi connectivity index (χ1v) is 11.2. The van der Waals surface area contributed by atoms with Crippen molar-refractivity contribution in [3.63, 3.8) is 0 Å². The molecule has 1 rings (SSSR count). The summed E-state index contributed by atoms with van der Waals surface area (Å²) in [6, 6.07) is 5.02. The van der Waals surface area contributed by atoms with Crippen LogP contribution < -0.4 is 9.80 Å². The lowest BCUT2D eigenvalue weighted by atomic mass is 10.1. The third-order valence-corrected chi connectivity index (χ3v) is 4.56. The molecule has 35 heavy (non-hydrogen) atoms. The molecule has 0 radical (unpaired) electrons. The first-order chi connectivity index (χ1) is 16.5. The number of hydrogen-bond donors (Lipinski definition) is 0. The van der Waals surface area contributed by atoms with E-state index in [0.717, 1.165) is 0 Å². The van der Waals surface area contributed by atoms with Gasteiger partial charge in [-0.3, -0.25) is 9.80 Å². The third kappa shape index (κ3) is 9.15. The molecule has 0 saturated heterocycles. The molecule has 10 nitrogen and oxygen atoms in total. The lowest BCUT2D eigenvalue weighted by Gasteiger charge is -2.27. The highest BCUT2D eigenvalue weighted by Crippen LogP contribution is 2.28. The fourth-order valence-corrected chi connectivity index (χ4v) is 2.80. The van der Waals surface area contributed by atoms with Gasteiger partial charge < -0.3 is 18.9 Å². The summed E-state index contributed by atoms with van der Waals surface area (Å²) in [5, 5.41) is 0. The summed E-state index contributed by atoms with van der Waals surface area (Å²) in [6.07, 6.45) is -1.29. The zero-order valence-corrected chi connectivity index (χ0v) is 21.0. The minimum absolute atomic E-state index is 0.00991. The van der Waals surface area contributed by atoms with Gasteiger partial charge in [-0.05, 0) is 52.3 Å². The largest absolute Gasteiger partial charge is 0.460 e. The van der Waals surface area contributed by atoms with Crippen molar-refractivity contribution in [2.45, 2.75) is 34.6 Å². The number of anilines is 2. The van der Waals surface area contributed by atoms with Gasteiger partial charge in [0.15, 0.2) is 0 Å². The summed E-state index contributed by atoms with van der Waals surface area (Å²) in [4.78, 5) is 51.4. The smallest absolute Gasteiger partial charge is 0.414 e. The summed E-state index contributed by atoms with van der Waals surface area (Å²) in [7, 11) is 0. The molecular weight excluding hydrogens is 456 g/mol. The normalized spacial score (nSPS) is 10.1. The van der Waals surface area contributed by atoms with E-state index >= 15 is 0 Å². The Bertz CT molecular complexity index is 957. The lowest BCUT2D eigenvalue weighted by molar-refractivity contribution is -0.139. The van der Waals surface area contributed by atoms with E-state index < -0.39 is 24.1 Å². The molecule has 1 aromatic rings. The highest BCUT2D eigenvalue weighted by Gasteiger charge is 2.23. The number of carbonyl (C=O) groups excluding carboxylic acids is 4. The fraction of sp³-hybridized carbons (Fsp3) is 0.440. The topological polar surface area (TPSA) is 112 Å². The number of aryl methyl sites for hydroxylation is 1. The standard InChI is InChI=1S/C25H34N2O8/c1-8-32-24(30)26(12-14-34-22(28)17(3)4)20-11-10-19(7)21(16-20)27(25(31)33-9-2)13-15-35-23(29)18(5)6/h10-11,16H,3,5,8-9,12-15H2,1-2,4,6-7H3. The Balaban J connectivity index is 3.25. The molecule has 1 aromatic carbocycles. The molecule has 0 aliphatic rings. The molecule has 0 aliphatic heterocycles. The van der Waals surface area contributed by atoms with Crippen LogP contribution in [0, 0.1) is 6.92 Å². The molecule has 0 fully saturated rings. The van der Waals surface area contributed by atoms with Crippen LogP contribution in [0.1, 0.15) is 33.3 Å². The highest BCUT2D eigenvalue weighted by atomic mass is 16.6. The summed E-state index contributed by atoms with van der Waals surface area (Å²) in [5.74, 6) is -1.15. The maximum Gasteiger partial charge on any atom is 0.414 e. The number of carbonyl (C=O) groups is 4. The van der Waals surface area contributed by atoms with E-state index in [-0.39, 0.29) is 50.7 Å². The van der Waals surface area contributed by atoms with E-state index in [2.05, 4.69) is 13.2 Å². The van der Waals surface area contributed by atoms with Crippen molar-refractivity contribution < 1.29 is 38.1 Å². The van der Waals surface area contributed by atoms with Crippen LogP contribution in [0.5, 0.6) is 0 Å². The molecule has 2 amide bonds. The molecule has 0 unspecified atom stereocenters. The Morgan fingerprint density at radius 3 is 1.69 bits per heavy atom. The van der Waals surface area contributed by atoms with E-state index in [1.807, 2.05) is 0 Å². The fourth-order valence-electron chi connectivity index (χ4n) is 2.80. The van der Waals surface area contributed by atoms with Crippen LogP contribution in [0.25, 0.3) is 0 Å². The molecule has 0 aromatic heterocycles. The van der Waals surface area contributed by atoms with E-state index in [1.54, 1.807) is 39.0 Å². The van der Waals surface area contributed by atoms with Crippen LogP contribution in [0.2, 0.25) is 0 Å². The van der Waals surface area contributed by atoms with E-state index in [1.165, 1.54) is 23.6 Å². The monoisotopic (exact) mass is 490 g/mol. The van der Waals surface area contributed by atoms with Crippen molar-refractivity contribution in [1.29, 1.82) is 0 Å².